The maximum atomic E-state index is 13.4. The lowest BCUT2D eigenvalue weighted by Gasteiger charge is -2.12. The molecular weight excluding hydrogens is 272 g/mol. The summed E-state index contributed by atoms with van der Waals surface area (Å²) in [5.41, 5.74) is -0.418. The van der Waals surface area contributed by atoms with Gasteiger partial charge in [0.2, 0.25) is 0 Å². The summed E-state index contributed by atoms with van der Waals surface area (Å²) >= 11 is 0. The summed E-state index contributed by atoms with van der Waals surface area (Å²) in [5, 5.41) is 18.2. The summed E-state index contributed by atoms with van der Waals surface area (Å²) < 4.78 is 45.0. The van der Waals surface area contributed by atoms with Crippen LogP contribution in [0.2, 0.25) is 0 Å². The van der Waals surface area contributed by atoms with Crippen LogP contribution in [0, 0.1) is 17.5 Å². The smallest absolute Gasteiger partial charge is 0.489 e. The van der Waals surface area contributed by atoms with Crippen molar-refractivity contribution >= 4 is 12.6 Å². The third kappa shape index (κ3) is 3.12. The summed E-state index contributed by atoms with van der Waals surface area (Å²) in [6, 6.07) is 6.38. The van der Waals surface area contributed by atoms with Crippen LogP contribution in [0.5, 0.6) is 5.75 Å². The van der Waals surface area contributed by atoms with Crippen molar-refractivity contribution in [1.29, 1.82) is 0 Å². The van der Waals surface area contributed by atoms with Crippen molar-refractivity contribution in [3.8, 4) is 5.75 Å². The summed E-state index contributed by atoms with van der Waals surface area (Å²) in [6.45, 7) is -0.498. The lowest BCUT2D eigenvalue weighted by Crippen LogP contribution is -2.31. The third-order valence-corrected chi connectivity index (χ3v) is 2.69. The summed E-state index contributed by atoms with van der Waals surface area (Å²) in [4.78, 5) is 0. The van der Waals surface area contributed by atoms with Gasteiger partial charge in [-0.05, 0) is 18.2 Å². The van der Waals surface area contributed by atoms with Gasteiger partial charge in [0.15, 0.2) is 0 Å². The fourth-order valence-corrected chi connectivity index (χ4v) is 1.67. The maximum absolute atomic E-state index is 13.4. The van der Waals surface area contributed by atoms with E-state index in [1.54, 1.807) is 0 Å². The van der Waals surface area contributed by atoms with E-state index < -0.39 is 31.2 Å². The van der Waals surface area contributed by atoms with Gasteiger partial charge in [-0.25, -0.2) is 13.2 Å². The van der Waals surface area contributed by atoms with E-state index in [-0.39, 0.29) is 16.8 Å². The van der Waals surface area contributed by atoms with E-state index in [1.807, 2.05) is 0 Å². The Balaban J connectivity index is 2.25. The molecule has 0 unspecified atom stereocenters. The molecule has 7 heteroatoms. The lowest BCUT2D eigenvalue weighted by atomic mass is 9.79. The molecule has 0 amide bonds. The fraction of sp³-hybridized carbons (Fsp3) is 0.0769. The Kier molecular flexibility index (Phi) is 4.31. The first-order chi connectivity index (χ1) is 9.49. The molecule has 0 aliphatic heterocycles. The molecule has 0 atom stereocenters. The molecule has 0 saturated carbocycles. The quantitative estimate of drug-likeness (QED) is 0.832. The first-order valence-corrected chi connectivity index (χ1v) is 5.70. The summed E-state index contributed by atoms with van der Waals surface area (Å²) in [6.07, 6.45) is 0. The second kappa shape index (κ2) is 5.98. The Bertz CT molecular complexity index is 600. The average molecular weight is 282 g/mol. The van der Waals surface area contributed by atoms with Crippen molar-refractivity contribution in [2.24, 2.45) is 0 Å². The number of rotatable bonds is 4. The molecule has 104 valence electrons. The van der Waals surface area contributed by atoms with Crippen LogP contribution >= 0.6 is 0 Å². The Labute approximate surface area is 113 Å². The van der Waals surface area contributed by atoms with Crippen molar-refractivity contribution in [3.63, 3.8) is 0 Å². The highest BCUT2D eigenvalue weighted by molar-refractivity contribution is 6.59. The van der Waals surface area contributed by atoms with E-state index in [1.165, 1.54) is 6.07 Å². The first-order valence-electron chi connectivity index (χ1n) is 5.70. The number of hydrogen-bond donors (Lipinski definition) is 2. The second-order valence-corrected chi connectivity index (χ2v) is 4.04. The van der Waals surface area contributed by atoms with Crippen molar-refractivity contribution in [3.05, 3.63) is 59.4 Å². The van der Waals surface area contributed by atoms with Crippen LogP contribution in [0.4, 0.5) is 13.2 Å². The molecule has 3 nitrogen and oxygen atoms in total. The predicted molar refractivity (Wildman–Crippen MR) is 66.9 cm³/mol. The van der Waals surface area contributed by atoms with E-state index >= 15 is 0 Å². The van der Waals surface area contributed by atoms with Gasteiger partial charge in [0, 0.05) is 11.5 Å². The normalized spacial score (nSPS) is 10.4. The highest BCUT2D eigenvalue weighted by atomic mass is 19.1. The average Bonchev–Trinajstić information content (AvgIpc) is 2.37. The van der Waals surface area contributed by atoms with Gasteiger partial charge in [0.1, 0.15) is 29.8 Å². The van der Waals surface area contributed by atoms with Crippen LogP contribution in [-0.2, 0) is 6.61 Å². The molecule has 2 aromatic rings. The van der Waals surface area contributed by atoms with Gasteiger partial charge < -0.3 is 14.8 Å². The topological polar surface area (TPSA) is 49.7 Å². The third-order valence-electron chi connectivity index (χ3n) is 2.69. The number of hydrogen-bond acceptors (Lipinski definition) is 3. The standard InChI is InChI=1S/C13H10BF3O3/c15-8-4-5-10(14(18)19)13(6-8)20-7-9-11(16)2-1-3-12(9)17/h1-6,18-19H,7H2. The zero-order chi connectivity index (χ0) is 14.7. The molecule has 0 fully saturated rings. The molecule has 20 heavy (non-hydrogen) atoms. The SMILES string of the molecule is OB(O)c1ccc(F)cc1OCc1c(F)cccc1F. The Morgan fingerprint density at radius 2 is 1.65 bits per heavy atom. The molecule has 0 aliphatic rings. The van der Waals surface area contributed by atoms with Gasteiger partial charge in [-0.3, -0.25) is 0 Å². The monoisotopic (exact) mass is 282 g/mol. The minimum atomic E-state index is -1.88. The van der Waals surface area contributed by atoms with Crippen molar-refractivity contribution in [1.82, 2.24) is 0 Å². The maximum Gasteiger partial charge on any atom is 0.492 e. The van der Waals surface area contributed by atoms with E-state index in [0.717, 1.165) is 30.3 Å². The Morgan fingerprint density at radius 3 is 2.25 bits per heavy atom. The molecule has 2 rings (SSSR count). The van der Waals surface area contributed by atoms with Gasteiger partial charge in [-0.15, -0.1) is 0 Å². The Morgan fingerprint density at radius 1 is 1.00 bits per heavy atom. The number of benzene rings is 2. The van der Waals surface area contributed by atoms with Crippen LogP contribution in [-0.4, -0.2) is 17.2 Å². The largest absolute Gasteiger partial charge is 0.492 e. The molecular formula is C13H10BF3O3. The number of halogens is 3. The molecule has 0 aliphatic carbocycles. The zero-order valence-corrected chi connectivity index (χ0v) is 10.2. The lowest BCUT2D eigenvalue weighted by molar-refractivity contribution is 0.292. The first kappa shape index (κ1) is 14.4. The van der Waals surface area contributed by atoms with Crippen LogP contribution < -0.4 is 10.2 Å². The molecule has 0 spiro atoms. The van der Waals surface area contributed by atoms with Gasteiger partial charge >= 0.3 is 7.12 Å². The van der Waals surface area contributed by atoms with E-state index in [9.17, 15) is 13.2 Å². The molecule has 0 aromatic heterocycles. The summed E-state index contributed by atoms with van der Waals surface area (Å²) in [7, 11) is -1.88. The van der Waals surface area contributed by atoms with Crippen LogP contribution in [0.15, 0.2) is 36.4 Å². The number of ether oxygens (including phenoxy) is 1. The Hall–Kier alpha value is -1.99. The van der Waals surface area contributed by atoms with Crippen LogP contribution in [0.25, 0.3) is 0 Å². The molecule has 2 aromatic carbocycles. The molecule has 2 N–H and O–H groups in total. The van der Waals surface area contributed by atoms with Gasteiger partial charge in [0.25, 0.3) is 0 Å². The van der Waals surface area contributed by atoms with Gasteiger partial charge in [0.05, 0.1) is 5.56 Å². The highest BCUT2D eigenvalue weighted by Crippen LogP contribution is 2.17. The molecule has 0 saturated heterocycles. The van der Waals surface area contributed by atoms with Crippen LogP contribution in [0.3, 0.4) is 0 Å². The van der Waals surface area contributed by atoms with Gasteiger partial charge in [-0.1, -0.05) is 12.1 Å². The van der Waals surface area contributed by atoms with Crippen molar-refractivity contribution in [2.45, 2.75) is 6.61 Å². The minimum Gasteiger partial charge on any atom is -0.489 e. The second-order valence-electron chi connectivity index (χ2n) is 4.04. The molecule has 0 heterocycles. The fourth-order valence-electron chi connectivity index (χ4n) is 1.67. The molecule has 0 radical (unpaired) electrons. The molecule has 0 bridgehead atoms. The van der Waals surface area contributed by atoms with Crippen molar-refractivity contribution < 1.29 is 28.0 Å². The highest BCUT2D eigenvalue weighted by Gasteiger charge is 2.19. The summed E-state index contributed by atoms with van der Waals surface area (Å²) in [5.74, 6) is -2.46. The van der Waals surface area contributed by atoms with Crippen LogP contribution in [0.1, 0.15) is 5.56 Å². The minimum absolute atomic E-state index is 0.0943. The van der Waals surface area contributed by atoms with E-state index in [0.29, 0.717) is 0 Å². The van der Waals surface area contributed by atoms with Crippen molar-refractivity contribution in [2.75, 3.05) is 0 Å². The van der Waals surface area contributed by atoms with Gasteiger partial charge in [-0.2, -0.15) is 0 Å². The predicted octanol–water partition coefficient (Wildman–Crippen LogP) is 1.36. The zero-order valence-electron chi connectivity index (χ0n) is 10.2. The van der Waals surface area contributed by atoms with E-state index in [4.69, 9.17) is 14.8 Å². The van der Waals surface area contributed by atoms with E-state index in [2.05, 4.69) is 0 Å².